The van der Waals surface area contributed by atoms with Gasteiger partial charge >= 0.3 is 0 Å². The first-order valence-corrected chi connectivity index (χ1v) is 3.87. The average molecular weight is 175 g/mol. The van der Waals surface area contributed by atoms with E-state index in [2.05, 4.69) is 20.3 Å². The minimum atomic E-state index is 0.447. The van der Waals surface area contributed by atoms with Crippen LogP contribution < -0.4 is 11.1 Å². The van der Waals surface area contributed by atoms with Crippen molar-refractivity contribution < 1.29 is 0 Å². The molecule has 0 aliphatic heterocycles. The maximum atomic E-state index is 5.70. The zero-order valence-electron chi connectivity index (χ0n) is 7.15. The summed E-state index contributed by atoms with van der Waals surface area (Å²) in [5.74, 6) is 0.936. The maximum absolute atomic E-state index is 5.70. The van der Waals surface area contributed by atoms with Crippen molar-refractivity contribution in [3.8, 4) is 0 Å². The van der Waals surface area contributed by atoms with Gasteiger partial charge in [-0.2, -0.15) is 9.97 Å². The first kappa shape index (κ1) is 7.72. The molecule has 66 valence electrons. The van der Waals surface area contributed by atoms with Crippen LogP contribution in [-0.4, -0.2) is 22.0 Å². The van der Waals surface area contributed by atoms with Crippen molar-refractivity contribution in [3.05, 3.63) is 18.3 Å². The number of rotatable bonds is 1. The van der Waals surface area contributed by atoms with Crippen LogP contribution in [0, 0.1) is 0 Å². The number of aromatic nitrogens is 3. The number of hydrogen-bond donors (Lipinski definition) is 2. The van der Waals surface area contributed by atoms with E-state index >= 15 is 0 Å². The first-order chi connectivity index (χ1) is 6.31. The van der Waals surface area contributed by atoms with Crippen molar-refractivity contribution in [2.75, 3.05) is 18.1 Å². The van der Waals surface area contributed by atoms with Gasteiger partial charge in [-0.05, 0) is 12.1 Å². The topological polar surface area (TPSA) is 76.7 Å². The van der Waals surface area contributed by atoms with Gasteiger partial charge in [-0.25, -0.2) is 4.98 Å². The maximum Gasteiger partial charge on any atom is 0.226 e. The van der Waals surface area contributed by atoms with Gasteiger partial charge in [0.2, 0.25) is 5.95 Å². The molecule has 13 heavy (non-hydrogen) atoms. The van der Waals surface area contributed by atoms with E-state index in [1.807, 2.05) is 6.07 Å². The predicted molar refractivity (Wildman–Crippen MR) is 51.3 cm³/mol. The van der Waals surface area contributed by atoms with Gasteiger partial charge in [-0.15, -0.1) is 0 Å². The molecule has 2 aromatic rings. The molecule has 0 fully saturated rings. The van der Waals surface area contributed by atoms with Gasteiger partial charge in [0.25, 0.3) is 0 Å². The average Bonchev–Trinajstić information content (AvgIpc) is 2.18. The van der Waals surface area contributed by atoms with Gasteiger partial charge in [0.05, 0.1) is 5.39 Å². The molecule has 5 nitrogen and oxygen atoms in total. The number of hydrogen-bond acceptors (Lipinski definition) is 5. The Kier molecular flexibility index (Phi) is 1.70. The van der Waals surface area contributed by atoms with Crippen LogP contribution in [0.15, 0.2) is 18.3 Å². The Bertz CT molecular complexity index is 439. The molecule has 0 atom stereocenters. The summed E-state index contributed by atoms with van der Waals surface area (Å²) in [5, 5.41) is 3.60. The Balaban J connectivity index is 2.77. The molecule has 0 amide bonds. The molecule has 0 bridgehead atoms. The molecule has 0 unspecified atom stereocenters. The van der Waals surface area contributed by atoms with Crippen molar-refractivity contribution in [2.24, 2.45) is 0 Å². The normalized spacial score (nSPS) is 10.2. The SMILES string of the molecule is CNc1nc(N)c2cccnc2n1. The second kappa shape index (κ2) is 2.85. The van der Waals surface area contributed by atoms with Crippen LogP contribution >= 0.6 is 0 Å². The van der Waals surface area contributed by atoms with Crippen LogP contribution in [0.4, 0.5) is 11.8 Å². The summed E-state index contributed by atoms with van der Waals surface area (Å²) in [5.41, 5.74) is 6.31. The number of nitrogen functional groups attached to an aromatic ring is 1. The van der Waals surface area contributed by atoms with Crippen molar-refractivity contribution in [3.63, 3.8) is 0 Å². The Morgan fingerprint density at radius 1 is 1.38 bits per heavy atom. The fourth-order valence-corrected chi connectivity index (χ4v) is 1.10. The lowest BCUT2D eigenvalue weighted by atomic mass is 10.3. The summed E-state index contributed by atoms with van der Waals surface area (Å²) >= 11 is 0. The summed E-state index contributed by atoms with van der Waals surface area (Å²) in [6.07, 6.45) is 1.67. The molecule has 5 heteroatoms. The largest absolute Gasteiger partial charge is 0.383 e. The third kappa shape index (κ3) is 1.24. The molecule has 2 rings (SSSR count). The molecule has 0 radical (unpaired) electrons. The Labute approximate surface area is 75.0 Å². The fourth-order valence-electron chi connectivity index (χ4n) is 1.10. The molecule has 0 saturated carbocycles. The lowest BCUT2D eigenvalue weighted by Crippen LogP contribution is -2.01. The molecular weight excluding hydrogens is 166 g/mol. The van der Waals surface area contributed by atoms with Crippen LogP contribution in [0.3, 0.4) is 0 Å². The predicted octanol–water partition coefficient (Wildman–Crippen LogP) is 0.649. The third-order valence-corrected chi connectivity index (χ3v) is 1.72. The number of pyridine rings is 1. The second-order valence-electron chi connectivity index (χ2n) is 2.56. The van der Waals surface area contributed by atoms with Gasteiger partial charge < -0.3 is 11.1 Å². The zero-order valence-corrected chi connectivity index (χ0v) is 7.15. The highest BCUT2D eigenvalue weighted by Gasteiger charge is 2.02. The summed E-state index contributed by atoms with van der Waals surface area (Å²) in [6.45, 7) is 0. The number of nitrogens with one attached hydrogen (secondary N) is 1. The number of nitrogens with two attached hydrogens (primary N) is 1. The van der Waals surface area contributed by atoms with E-state index in [4.69, 9.17) is 5.73 Å². The van der Waals surface area contributed by atoms with Crippen molar-refractivity contribution >= 4 is 22.8 Å². The molecular formula is C8H9N5. The standard InChI is InChI=1S/C8H9N5/c1-10-8-12-6(9)5-3-2-4-11-7(5)13-8/h2-4H,1H3,(H3,9,10,11,12,13). The lowest BCUT2D eigenvalue weighted by Gasteiger charge is -2.02. The summed E-state index contributed by atoms with van der Waals surface area (Å²) in [6, 6.07) is 3.65. The van der Waals surface area contributed by atoms with Gasteiger partial charge in [-0.1, -0.05) is 0 Å². The molecule has 0 saturated heterocycles. The Morgan fingerprint density at radius 3 is 3.00 bits per heavy atom. The highest BCUT2D eigenvalue weighted by atomic mass is 15.1. The number of nitrogens with zero attached hydrogens (tertiary/aromatic N) is 3. The highest BCUT2D eigenvalue weighted by Crippen LogP contribution is 2.16. The van der Waals surface area contributed by atoms with E-state index in [1.165, 1.54) is 0 Å². The van der Waals surface area contributed by atoms with Crippen molar-refractivity contribution in [2.45, 2.75) is 0 Å². The van der Waals surface area contributed by atoms with Crippen LogP contribution in [0.2, 0.25) is 0 Å². The van der Waals surface area contributed by atoms with E-state index < -0.39 is 0 Å². The van der Waals surface area contributed by atoms with Gasteiger partial charge in [0.15, 0.2) is 5.65 Å². The van der Waals surface area contributed by atoms with Gasteiger partial charge in [-0.3, -0.25) is 0 Å². The van der Waals surface area contributed by atoms with Gasteiger partial charge in [0.1, 0.15) is 5.82 Å². The fraction of sp³-hybridized carbons (Fsp3) is 0.125. The first-order valence-electron chi connectivity index (χ1n) is 3.87. The van der Waals surface area contributed by atoms with Crippen LogP contribution in [0.5, 0.6) is 0 Å². The van der Waals surface area contributed by atoms with Gasteiger partial charge in [0, 0.05) is 13.2 Å². The Morgan fingerprint density at radius 2 is 2.23 bits per heavy atom. The van der Waals surface area contributed by atoms with E-state index in [0.717, 1.165) is 5.39 Å². The van der Waals surface area contributed by atoms with E-state index in [1.54, 1.807) is 19.3 Å². The monoisotopic (exact) mass is 175 g/mol. The third-order valence-electron chi connectivity index (χ3n) is 1.72. The molecule has 0 aliphatic rings. The summed E-state index contributed by atoms with van der Waals surface area (Å²) in [7, 11) is 1.74. The molecule has 2 aromatic heterocycles. The smallest absolute Gasteiger partial charge is 0.226 e. The quantitative estimate of drug-likeness (QED) is 0.665. The van der Waals surface area contributed by atoms with Crippen LogP contribution in [-0.2, 0) is 0 Å². The zero-order chi connectivity index (χ0) is 9.26. The van der Waals surface area contributed by atoms with E-state index in [9.17, 15) is 0 Å². The van der Waals surface area contributed by atoms with Crippen molar-refractivity contribution in [1.82, 2.24) is 15.0 Å². The van der Waals surface area contributed by atoms with E-state index in [-0.39, 0.29) is 0 Å². The number of fused-ring (bicyclic) bond motifs is 1. The summed E-state index contributed by atoms with van der Waals surface area (Å²) in [4.78, 5) is 12.3. The van der Waals surface area contributed by atoms with Crippen LogP contribution in [0.25, 0.3) is 11.0 Å². The highest BCUT2D eigenvalue weighted by molar-refractivity contribution is 5.85. The summed E-state index contributed by atoms with van der Waals surface area (Å²) < 4.78 is 0. The minimum Gasteiger partial charge on any atom is -0.383 e. The van der Waals surface area contributed by atoms with Crippen molar-refractivity contribution in [1.29, 1.82) is 0 Å². The minimum absolute atomic E-state index is 0.447. The molecule has 0 spiro atoms. The second-order valence-corrected chi connectivity index (χ2v) is 2.56. The lowest BCUT2D eigenvalue weighted by molar-refractivity contribution is 1.17. The number of anilines is 2. The van der Waals surface area contributed by atoms with Crippen LogP contribution in [0.1, 0.15) is 0 Å². The van der Waals surface area contributed by atoms with E-state index in [0.29, 0.717) is 17.4 Å². The molecule has 0 aromatic carbocycles. The molecule has 0 aliphatic carbocycles. The molecule has 3 N–H and O–H groups in total. The molecule has 2 heterocycles. The Hall–Kier alpha value is -1.91.